The van der Waals surface area contributed by atoms with Crippen LogP contribution in [0, 0.1) is 0 Å². The minimum absolute atomic E-state index is 0.583. The molecule has 1 aromatic rings. The van der Waals surface area contributed by atoms with Crippen molar-refractivity contribution in [3.63, 3.8) is 0 Å². The van der Waals surface area contributed by atoms with E-state index in [1.807, 2.05) is 18.2 Å². The van der Waals surface area contributed by atoms with Crippen molar-refractivity contribution >= 4 is 52.7 Å². The fourth-order valence-corrected chi connectivity index (χ4v) is 12.4. The fourth-order valence-electron chi connectivity index (χ4n) is 3.43. The molecule has 0 saturated heterocycles. The molecule has 0 spiro atoms. The number of aliphatic imine (C=N–C) groups is 1. The van der Waals surface area contributed by atoms with Gasteiger partial charge in [0, 0.05) is 0 Å². The molecule has 0 radical (unpaired) electrons. The summed E-state index contributed by atoms with van der Waals surface area (Å²) in [7, 11) is -1.43. The van der Waals surface area contributed by atoms with Gasteiger partial charge >= 0.3 is 0 Å². The minimum Gasteiger partial charge on any atom is -0.205 e. The van der Waals surface area contributed by atoms with E-state index in [0.29, 0.717) is 32.7 Å². The van der Waals surface area contributed by atoms with Crippen molar-refractivity contribution in [2.24, 2.45) is 4.99 Å². The lowest BCUT2D eigenvalue weighted by molar-refractivity contribution is 0.933. The molecule has 0 heterocycles. The van der Waals surface area contributed by atoms with Crippen molar-refractivity contribution < 1.29 is 0 Å². The van der Waals surface area contributed by atoms with E-state index < -0.39 is 7.26 Å². The molecule has 0 aliphatic heterocycles. The highest BCUT2D eigenvalue weighted by Gasteiger charge is 2.52. The van der Waals surface area contributed by atoms with Crippen LogP contribution in [0.4, 0.5) is 5.69 Å². The van der Waals surface area contributed by atoms with Gasteiger partial charge < -0.3 is 0 Å². The molecule has 0 saturated carbocycles. The fraction of sp³-hybridized carbons (Fsp3) is 0.588. The van der Waals surface area contributed by atoms with Crippen LogP contribution in [-0.2, 0) is 0 Å². The smallest absolute Gasteiger partial charge is 0.205 e. The molecule has 0 bridgehead atoms. The van der Waals surface area contributed by atoms with Gasteiger partial charge in [0.25, 0.3) is 0 Å². The average molecular weight is 379 g/mol. The van der Waals surface area contributed by atoms with Crippen LogP contribution < -0.4 is 0 Å². The maximum absolute atomic E-state index is 6.33. The maximum Gasteiger partial charge on any atom is 0.217 e. The number of hydrogen-bond donors (Lipinski definition) is 0. The van der Waals surface area contributed by atoms with E-state index in [9.17, 15) is 0 Å². The second-order valence-corrected chi connectivity index (χ2v) is 13.4. The van der Waals surface area contributed by atoms with Gasteiger partial charge in [0.1, 0.15) is 5.69 Å². The van der Waals surface area contributed by atoms with Crippen LogP contribution in [0.1, 0.15) is 41.5 Å². The topological polar surface area (TPSA) is 12.4 Å². The highest BCUT2D eigenvalue weighted by atomic mass is 35.5. The number of hydrogen-bond acceptors (Lipinski definition) is 2. The zero-order chi connectivity index (χ0) is 17.1. The Labute approximate surface area is 150 Å². The van der Waals surface area contributed by atoms with Gasteiger partial charge in [-0.05, 0) is 59.9 Å². The molecule has 0 aromatic heterocycles. The van der Waals surface area contributed by atoms with Gasteiger partial charge in [0.15, 0.2) is 0 Å². The van der Waals surface area contributed by atoms with E-state index in [-0.39, 0.29) is 0 Å². The Hall–Kier alpha value is 0.250. The molecule has 0 atom stereocenters. The van der Waals surface area contributed by atoms with E-state index in [2.05, 4.69) is 47.8 Å². The number of halogens is 2. The van der Waals surface area contributed by atoms with Crippen molar-refractivity contribution in [2.45, 2.75) is 58.5 Å². The molecule has 0 aliphatic carbocycles. The third kappa shape index (κ3) is 3.83. The number of rotatable bonds is 5. The Morgan fingerprint density at radius 1 is 0.955 bits per heavy atom. The monoisotopic (exact) mass is 378 g/mol. The summed E-state index contributed by atoms with van der Waals surface area (Å²) in [5, 5.41) is 1.24. The van der Waals surface area contributed by atoms with Crippen LogP contribution in [0.25, 0.3) is 0 Å². The molecule has 0 amide bonds. The van der Waals surface area contributed by atoms with Crippen LogP contribution in [0.15, 0.2) is 23.2 Å². The number of nitrogens with zero attached hydrogens (tertiary/aromatic N) is 1. The summed E-state index contributed by atoms with van der Waals surface area (Å²) in [6.07, 6.45) is 2.12. The van der Waals surface area contributed by atoms with Gasteiger partial charge in [-0.15, -0.1) is 0 Å². The van der Waals surface area contributed by atoms with Gasteiger partial charge in [-0.1, -0.05) is 41.0 Å². The van der Waals surface area contributed by atoms with Gasteiger partial charge in [-0.25, -0.2) is 4.99 Å². The summed E-state index contributed by atoms with van der Waals surface area (Å²) in [6, 6.07) is 5.56. The van der Waals surface area contributed by atoms with E-state index in [0.717, 1.165) is 0 Å². The largest absolute Gasteiger partial charge is 0.217 e. The van der Waals surface area contributed by atoms with Crippen molar-refractivity contribution in [3.05, 3.63) is 28.2 Å². The SMILES string of the molecule is CSC(=Nc1c(Cl)cccc1Cl)[P+](C(C)C)(C(C)C)C(C)C. The first-order valence-electron chi connectivity index (χ1n) is 7.64. The molecule has 0 fully saturated rings. The standard InChI is InChI=1S/C17H27Cl2NPS/c1-11(2)21(12(3)4,13(5)6)17(22-7)20-16-14(18)9-8-10-15(16)19/h8-13H,1-7H3/q+1. The molecule has 22 heavy (non-hydrogen) atoms. The Morgan fingerprint density at radius 2 is 1.36 bits per heavy atom. The summed E-state index contributed by atoms with van der Waals surface area (Å²) in [4.78, 5) is 6.20. The van der Waals surface area contributed by atoms with E-state index >= 15 is 0 Å². The second-order valence-electron chi connectivity index (χ2n) is 6.28. The first kappa shape index (κ1) is 20.3. The predicted octanol–water partition coefficient (Wildman–Crippen LogP) is 7.59. The number of thioether (sulfide) groups is 1. The van der Waals surface area contributed by atoms with Crippen LogP contribution in [0.3, 0.4) is 0 Å². The molecule has 0 aliphatic rings. The highest BCUT2D eigenvalue weighted by molar-refractivity contribution is 8.29. The summed E-state index contributed by atoms with van der Waals surface area (Å²) >= 11 is 14.4. The van der Waals surface area contributed by atoms with Gasteiger partial charge in [-0.3, -0.25) is 0 Å². The summed E-state index contributed by atoms with van der Waals surface area (Å²) in [5.74, 6) is 0. The Balaban J connectivity index is 3.59. The third-order valence-corrected chi connectivity index (χ3v) is 12.7. The lowest BCUT2D eigenvalue weighted by Gasteiger charge is -2.37. The van der Waals surface area contributed by atoms with Crippen molar-refractivity contribution in [1.29, 1.82) is 0 Å². The lowest BCUT2D eigenvalue weighted by Crippen LogP contribution is -2.28. The van der Waals surface area contributed by atoms with Crippen LogP contribution >= 0.6 is 42.2 Å². The predicted molar refractivity (Wildman–Crippen MR) is 109 cm³/mol. The lowest BCUT2D eigenvalue weighted by atomic mass is 10.3. The second kappa shape index (κ2) is 8.38. The summed E-state index contributed by atoms with van der Waals surface area (Å²) < 4.78 is 0. The third-order valence-electron chi connectivity index (χ3n) is 4.22. The van der Waals surface area contributed by atoms with Crippen molar-refractivity contribution in [2.75, 3.05) is 6.26 Å². The molecular formula is C17H27Cl2NPS+. The molecule has 5 heteroatoms. The molecule has 1 rings (SSSR count). The number of benzene rings is 1. The Kier molecular flexibility index (Phi) is 7.73. The van der Waals surface area contributed by atoms with Gasteiger partial charge in [0.2, 0.25) is 4.78 Å². The zero-order valence-electron chi connectivity index (χ0n) is 14.5. The minimum atomic E-state index is -1.43. The van der Waals surface area contributed by atoms with Crippen LogP contribution in [0.2, 0.25) is 10.0 Å². The summed E-state index contributed by atoms with van der Waals surface area (Å²) in [6.45, 7) is 14.0. The van der Waals surface area contributed by atoms with Crippen LogP contribution in [-0.4, -0.2) is 28.0 Å². The molecule has 0 unspecified atom stereocenters. The zero-order valence-corrected chi connectivity index (χ0v) is 17.7. The number of para-hydroxylation sites is 1. The average Bonchev–Trinajstić information content (AvgIpc) is 2.40. The van der Waals surface area contributed by atoms with Gasteiger partial charge in [-0.2, -0.15) is 0 Å². The van der Waals surface area contributed by atoms with Crippen molar-refractivity contribution in [1.82, 2.24) is 0 Å². The molecule has 1 nitrogen and oxygen atoms in total. The highest BCUT2D eigenvalue weighted by Crippen LogP contribution is 2.73. The maximum atomic E-state index is 6.33. The first-order chi connectivity index (χ1) is 10.2. The first-order valence-corrected chi connectivity index (χ1v) is 11.6. The Morgan fingerprint density at radius 3 is 1.68 bits per heavy atom. The van der Waals surface area contributed by atoms with Crippen molar-refractivity contribution in [3.8, 4) is 0 Å². The quantitative estimate of drug-likeness (QED) is 0.292. The normalized spacial score (nSPS) is 13.5. The molecular weight excluding hydrogens is 352 g/mol. The Bertz CT molecular complexity index is 499. The molecule has 1 aromatic carbocycles. The molecule has 124 valence electrons. The molecule has 0 N–H and O–H groups in total. The van der Waals surface area contributed by atoms with E-state index in [1.54, 1.807) is 11.8 Å². The summed E-state index contributed by atoms with van der Waals surface area (Å²) in [5.41, 5.74) is 2.46. The van der Waals surface area contributed by atoms with Crippen LogP contribution in [0.5, 0.6) is 0 Å². The van der Waals surface area contributed by atoms with E-state index in [4.69, 9.17) is 28.2 Å². The van der Waals surface area contributed by atoms with Gasteiger partial charge in [0.05, 0.1) is 34.3 Å². The van der Waals surface area contributed by atoms with E-state index in [1.165, 1.54) is 4.78 Å².